The lowest BCUT2D eigenvalue weighted by Crippen LogP contribution is -2.30. The lowest BCUT2D eigenvalue weighted by atomic mass is 10.2. The summed E-state index contributed by atoms with van der Waals surface area (Å²) < 4.78 is 26.2. The molecule has 0 aliphatic rings. The number of rotatable bonds is 8. The Kier molecular flexibility index (Phi) is 7.52. The molecule has 2 heterocycles. The number of aromatic nitrogens is 2. The van der Waals surface area contributed by atoms with Gasteiger partial charge in [0.25, 0.3) is 0 Å². The van der Waals surface area contributed by atoms with Crippen LogP contribution in [0.4, 0.5) is 5.13 Å². The number of carbonyl (C=O) groups excluding carboxylic acids is 1. The first kappa shape index (κ1) is 24.6. The van der Waals surface area contributed by atoms with Gasteiger partial charge < -0.3 is 0 Å². The van der Waals surface area contributed by atoms with E-state index in [-0.39, 0.29) is 29.4 Å². The van der Waals surface area contributed by atoms with Crippen molar-refractivity contribution in [1.29, 1.82) is 0 Å². The third kappa shape index (κ3) is 5.75. The number of pyridine rings is 1. The van der Waals surface area contributed by atoms with Crippen molar-refractivity contribution >= 4 is 65.6 Å². The van der Waals surface area contributed by atoms with Gasteiger partial charge in [-0.15, -0.1) is 0 Å². The molecule has 10 heteroatoms. The van der Waals surface area contributed by atoms with E-state index in [0.717, 1.165) is 21.3 Å². The van der Waals surface area contributed by atoms with E-state index < -0.39 is 9.84 Å². The maximum Gasteiger partial charge on any atom is 0.229 e. The fourth-order valence-corrected chi connectivity index (χ4v) is 6.37. The molecule has 0 aliphatic carbocycles. The lowest BCUT2D eigenvalue weighted by Gasteiger charge is -2.20. The number of sulfone groups is 1. The Morgan fingerprint density at radius 2 is 1.74 bits per heavy atom. The Bertz CT molecular complexity index is 1420. The van der Waals surface area contributed by atoms with E-state index >= 15 is 0 Å². The van der Waals surface area contributed by atoms with Gasteiger partial charge in [-0.25, -0.2) is 13.4 Å². The molecule has 34 heavy (non-hydrogen) atoms. The Labute approximate surface area is 212 Å². The van der Waals surface area contributed by atoms with Crippen LogP contribution >= 0.6 is 34.5 Å². The first-order valence-corrected chi connectivity index (χ1v) is 13.7. The number of carbonyl (C=O) groups is 1. The van der Waals surface area contributed by atoms with E-state index in [1.165, 1.54) is 35.6 Å². The maximum absolute atomic E-state index is 13.3. The van der Waals surface area contributed by atoms with Crippen molar-refractivity contribution in [2.45, 2.75) is 31.2 Å². The quantitative estimate of drug-likeness (QED) is 0.273. The summed E-state index contributed by atoms with van der Waals surface area (Å²) in [6.07, 6.45) is 3.58. The highest BCUT2D eigenvalue weighted by Crippen LogP contribution is 2.34. The number of amides is 1. The molecule has 0 N–H and O–H groups in total. The van der Waals surface area contributed by atoms with Crippen molar-refractivity contribution in [3.63, 3.8) is 0 Å². The normalized spacial score (nSPS) is 11.6. The van der Waals surface area contributed by atoms with Gasteiger partial charge in [0.15, 0.2) is 15.0 Å². The van der Waals surface area contributed by atoms with Gasteiger partial charge in [0.2, 0.25) is 5.91 Å². The minimum Gasteiger partial charge on any atom is -0.284 e. The number of halogens is 2. The smallest absolute Gasteiger partial charge is 0.229 e. The highest BCUT2D eigenvalue weighted by atomic mass is 35.5. The second-order valence-corrected chi connectivity index (χ2v) is 11.8. The fourth-order valence-electron chi connectivity index (χ4n) is 3.50. The maximum atomic E-state index is 13.3. The summed E-state index contributed by atoms with van der Waals surface area (Å²) in [4.78, 5) is 23.8. The number of aryl methyl sites for hydroxylation is 1. The molecule has 1 amide bonds. The van der Waals surface area contributed by atoms with Gasteiger partial charge in [0.05, 0.1) is 27.4 Å². The van der Waals surface area contributed by atoms with Crippen molar-refractivity contribution in [3.05, 3.63) is 82.1 Å². The van der Waals surface area contributed by atoms with Crippen LogP contribution in [-0.4, -0.2) is 30.0 Å². The molecule has 0 fully saturated rings. The van der Waals surface area contributed by atoms with Crippen molar-refractivity contribution < 1.29 is 13.2 Å². The molecule has 0 aliphatic heterocycles. The molecule has 2 aromatic carbocycles. The van der Waals surface area contributed by atoms with Crippen molar-refractivity contribution in [2.24, 2.45) is 0 Å². The summed E-state index contributed by atoms with van der Waals surface area (Å²) in [5.74, 6) is -0.344. The van der Waals surface area contributed by atoms with Crippen LogP contribution in [0.25, 0.3) is 10.2 Å². The number of fused-ring (bicyclic) bond motifs is 1. The van der Waals surface area contributed by atoms with Crippen LogP contribution in [0.5, 0.6) is 0 Å². The number of hydrogen-bond donors (Lipinski definition) is 0. The summed E-state index contributed by atoms with van der Waals surface area (Å²) in [6, 6.07) is 13.4. The van der Waals surface area contributed by atoms with Gasteiger partial charge in [-0.3, -0.25) is 14.7 Å². The van der Waals surface area contributed by atoms with Gasteiger partial charge >= 0.3 is 0 Å². The number of anilines is 1. The molecule has 176 valence electrons. The molecule has 0 radical (unpaired) electrons. The Morgan fingerprint density at radius 1 is 1.03 bits per heavy atom. The summed E-state index contributed by atoms with van der Waals surface area (Å²) in [5.41, 5.74) is 2.61. The molecule has 0 bridgehead atoms. The predicted molar refractivity (Wildman–Crippen MR) is 138 cm³/mol. The average molecular weight is 534 g/mol. The molecule has 6 nitrogen and oxygen atoms in total. The van der Waals surface area contributed by atoms with Crippen LogP contribution in [-0.2, 0) is 21.2 Å². The molecule has 0 saturated heterocycles. The highest BCUT2D eigenvalue weighted by Gasteiger charge is 2.22. The van der Waals surface area contributed by atoms with Crippen molar-refractivity contribution in [1.82, 2.24) is 9.97 Å². The Morgan fingerprint density at radius 3 is 2.44 bits per heavy atom. The molecular formula is C24H21Cl2N3O3S2. The molecule has 0 atom stereocenters. The van der Waals surface area contributed by atoms with Crippen LogP contribution < -0.4 is 4.90 Å². The van der Waals surface area contributed by atoms with Gasteiger partial charge in [0, 0.05) is 28.9 Å². The predicted octanol–water partition coefficient (Wildman–Crippen LogP) is 6.09. The van der Waals surface area contributed by atoms with E-state index in [2.05, 4.69) is 4.98 Å². The first-order valence-electron chi connectivity index (χ1n) is 10.5. The Balaban J connectivity index is 1.55. The van der Waals surface area contributed by atoms with E-state index in [9.17, 15) is 13.2 Å². The molecule has 0 unspecified atom stereocenters. The van der Waals surface area contributed by atoms with Crippen molar-refractivity contribution in [3.8, 4) is 0 Å². The molecule has 4 rings (SSSR count). The third-order valence-electron chi connectivity index (χ3n) is 5.24. The summed E-state index contributed by atoms with van der Waals surface area (Å²) >= 11 is 13.4. The SMILES string of the molecule is Cc1cc(Cl)cc2sc(N(Cc3ccncc3)C(=O)CCCS(=O)(=O)c3ccc(Cl)cc3)nc12. The zero-order chi connectivity index (χ0) is 24.3. The average Bonchev–Trinajstić information content (AvgIpc) is 3.22. The van der Waals surface area contributed by atoms with Gasteiger partial charge in [-0.2, -0.15) is 0 Å². The zero-order valence-corrected chi connectivity index (χ0v) is 21.4. The molecule has 4 aromatic rings. The molecule has 0 spiro atoms. The number of benzene rings is 2. The standard InChI is InChI=1S/C24H21Cl2N3O3S2/c1-16-13-19(26)14-21-23(16)28-24(33-21)29(15-17-8-10-27-11-9-17)22(30)3-2-12-34(31,32)20-6-4-18(25)5-7-20/h4-11,13-14H,2-3,12,15H2,1H3. The summed E-state index contributed by atoms with van der Waals surface area (Å²) in [6.45, 7) is 2.23. The van der Waals surface area contributed by atoms with Crippen LogP contribution in [0.3, 0.4) is 0 Å². The number of hydrogen-bond acceptors (Lipinski definition) is 6. The fraction of sp³-hybridized carbons (Fsp3) is 0.208. The van der Waals surface area contributed by atoms with Gasteiger partial charge in [-0.1, -0.05) is 34.5 Å². The van der Waals surface area contributed by atoms with Crippen LogP contribution in [0.15, 0.2) is 65.8 Å². The monoisotopic (exact) mass is 533 g/mol. The zero-order valence-electron chi connectivity index (χ0n) is 18.2. The largest absolute Gasteiger partial charge is 0.284 e. The van der Waals surface area contributed by atoms with E-state index in [4.69, 9.17) is 28.2 Å². The van der Waals surface area contributed by atoms with Crippen molar-refractivity contribution in [2.75, 3.05) is 10.7 Å². The van der Waals surface area contributed by atoms with Gasteiger partial charge in [-0.05, 0) is 73.0 Å². The minimum absolute atomic E-state index is 0.0631. The van der Waals surface area contributed by atoms with E-state index in [1.54, 1.807) is 17.3 Å². The minimum atomic E-state index is -3.52. The Hall–Kier alpha value is -2.52. The molecule has 0 saturated carbocycles. The number of thiazole rings is 1. The van der Waals surface area contributed by atoms with E-state index in [0.29, 0.717) is 21.7 Å². The van der Waals surface area contributed by atoms with E-state index in [1.807, 2.05) is 31.2 Å². The van der Waals surface area contributed by atoms with Crippen LogP contribution in [0.2, 0.25) is 10.0 Å². The van der Waals surface area contributed by atoms with Crippen LogP contribution in [0, 0.1) is 6.92 Å². The van der Waals surface area contributed by atoms with Crippen LogP contribution in [0.1, 0.15) is 24.0 Å². The molecular weight excluding hydrogens is 513 g/mol. The lowest BCUT2D eigenvalue weighted by molar-refractivity contribution is -0.118. The second-order valence-electron chi connectivity index (χ2n) is 7.78. The molecule has 2 aromatic heterocycles. The third-order valence-corrected chi connectivity index (χ3v) is 8.55. The summed E-state index contributed by atoms with van der Waals surface area (Å²) in [5, 5.41) is 1.62. The topological polar surface area (TPSA) is 80.2 Å². The second kappa shape index (κ2) is 10.4. The highest BCUT2D eigenvalue weighted by molar-refractivity contribution is 7.91. The summed E-state index contributed by atoms with van der Waals surface area (Å²) in [7, 11) is -3.52. The first-order chi connectivity index (χ1) is 16.2. The number of nitrogens with zero attached hydrogens (tertiary/aromatic N) is 3. The van der Waals surface area contributed by atoms with Gasteiger partial charge in [0.1, 0.15) is 0 Å².